The summed E-state index contributed by atoms with van der Waals surface area (Å²) in [4.78, 5) is 4.74. The minimum atomic E-state index is -0.624. The average molecular weight is 439 g/mol. The molecule has 0 saturated carbocycles. The Bertz CT molecular complexity index is 932. The van der Waals surface area contributed by atoms with E-state index in [1.165, 1.54) is 0 Å². The maximum atomic E-state index is 5.90. The van der Waals surface area contributed by atoms with Gasteiger partial charge in [0.2, 0.25) is 0 Å². The average Bonchev–Trinajstić information content (AvgIpc) is 2.73. The molecule has 0 aromatic heterocycles. The normalized spacial score (nSPS) is 11.4. The van der Waals surface area contributed by atoms with Gasteiger partial charge in [-0.3, -0.25) is 4.99 Å². The van der Waals surface area contributed by atoms with Crippen LogP contribution in [0.2, 0.25) is 10.0 Å². The van der Waals surface area contributed by atoms with Crippen LogP contribution in [0.15, 0.2) is 96.0 Å². The van der Waals surface area contributed by atoms with Gasteiger partial charge in [0.15, 0.2) is 0 Å². The fourth-order valence-corrected chi connectivity index (χ4v) is 4.04. The number of hydrogen-bond donors (Lipinski definition) is 1. The van der Waals surface area contributed by atoms with Gasteiger partial charge >= 0.3 is 0 Å². The second-order valence-corrected chi connectivity index (χ2v) is 7.84. The third-order valence-electron chi connectivity index (χ3n) is 4.76. The van der Waals surface area contributed by atoms with Crippen molar-refractivity contribution in [1.29, 1.82) is 0 Å². The molecule has 2 N–H and O–H groups in total. The quantitative estimate of drug-likeness (QED) is 0.250. The summed E-state index contributed by atoms with van der Waals surface area (Å²) < 4.78 is 0. The molecule has 4 heteroatoms. The minimum absolute atomic E-state index is 0.542. The number of nitrogens with zero attached hydrogens (tertiary/aromatic N) is 1. The Labute approximate surface area is 190 Å². The van der Waals surface area contributed by atoms with E-state index in [0.29, 0.717) is 5.84 Å². The van der Waals surface area contributed by atoms with Gasteiger partial charge < -0.3 is 5.73 Å². The van der Waals surface area contributed by atoms with Crippen LogP contribution in [0.4, 0.5) is 0 Å². The predicted molar refractivity (Wildman–Crippen MR) is 132 cm³/mol. The second-order valence-electron chi connectivity index (χ2n) is 7.03. The Hall–Kier alpha value is -2.55. The molecule has 2 nitrogen and oxygen atoms in total. The molecule has 0 spiro atoms. The number of halogens is 2. The lowest BCUT2D eigenvalue weighted by atomic mass is 9.78. The Balaban J connectivity index is 0.000000269. The summed E-state index contributed by atoms with van der Waals surface area (Å²) >= 11 is 11.7. The van der Waals surface area contributed by atoms with E-state index in [0.717, 1.165) is 38.7 Å². The summed E-state index contributed by atoms with van der Waals surface area (Å²) in [6.45, 7) is 10.0. The number of benzene rings is 3. The first-order chi connectivity index (χ1) is 14.3. The van der Waals surface area contributed by atoms with Gasteiger partial charge in [0.25, 0.3) is 0 Å². The highest BCUT2D eigenvalue weighted by Gasteiger charge is 2.34. The van der Waals surface area contributed by atoms with Crippen molar-refractivity contribution in [3.63, 3.8) is 0 Å². The third-order valence-corrected chi connectivity index (χ3v) is 5.47. The van der Waals surface area contributed by atoms with Crippen LogP contribution >= 0.6 is 23.2 Å². The van der Waals surface area contributed by atoms with Gasteiger partial charge in [-0.15, -0.1) is 0 Å². The van der Waals surface area contributed by atoms with Gasteiger partial charge in [0, 0.05) is 10.0 Å². The van der Waals surface area contributed by atoms with E-state index in [1.807, 2.05) is 75.4 Å². The molecule has 0 aliphatic carbocycles. The first kappa shape index (κ1) is 23.7. The monoisotopic (exact) mass is 438 g/mol. The summed E-state index contributed by atoms with van der Waals surface area (Å²) in [6, 6.07) is 25.9. The largest absolute Gasteiger partial charge is 0.388 e. The predicted octanol–water partition coefficient (Wildman–Crippen LogP) is 7.44. The lowest BCUT2D eigenvalue weighted by Gasteiger charge is -2.32. The number of nitrogens with two attached hydrogens (primary N) is 1. The van der Waals surface area contributed by atoms with E-state index in [1.54, 1.807) is 0 Å². The van der Waals surface area contributed by atoms with Crippen LogP contribution in [-0.2, 0) is 12.0 Å². The van der Waals surface area contributed by atoms with Gasteiger partial charge in [-0.05, 0) is 54.7 Å². The number of aliphatic imine (C=N–C) groups is 1. The van der Waals surface area contributed by atoms with Crippen molar-refractivity contribution in [3.05, 3.63) is 118 Å². The van der Waals surface area contributed by atoms with Crippen molar-refractivity contribution in [2.45, 2.75) is 32.7 Å². The lowest BCUT2D eigenvalue weighted by Crippen LogP contribution is -2.29. The minimum Gasteiger partial charge on any atom is -0.388 e. The highest BCUT2D eigenvalue weighted by Crippen LogP contribution is 2.39. The SMILES string of the molecule is C=C(C)C(N=C(C)N)(c1ccccc1)c1ccccc1.CCc1c(Cl)cccc1Cl. The summed E-state index contributed by atoms with van der Waals surface area (Å²) in [6.07, 6.45) is 0.887. The molecule has 0 saturated heterocycles. The fourth-order valence-electron chi connectivity index (χ4n) is 3.38. The molecule has 3 aromatic rings. The van der Waals surface area contributed by atoms with Gasteiger partial charge in [0.05, 0.1) is 5.84 Å². The summed E-state index contributed by atoms with van der Waals surface area (Å²) in [5, 5.41) is 1.52. The topological polar surface area (TPSA) is 38.4 Å². The van der Waals surface area contributed by atoms with Crippen molar-refractivity contribution in [1.82, 2.24) is 0 Å². The Morgan fingerprint density at radius 1 is 0.833 bits per heavy atom. The molecular weight excluding hydrogens is 411 g/mol. The maximum Gasteiger partial charge on any atom is 0.133 e. The van der Waals surface area contributed by atoms with Gasteiger partial charge in [-0.25, -0.2) is 0 Å². The van der Waals surface area contributed by atoms with E-state index in [-0.39, 0.29) is 0 Å². The molecule has 0 radical (unpaired) electrons. The molecule has 0 amide bonds. The van der Waals surface area contributed by atoms with E-state index < -0.39 is 5.54 Å². The maximum absolute atomic E-state index is 5.90. The van der Waals surface area contributed by atoms with Crippen molar-refractivity contribution in [2.24, 2.45) is 10.7 Å². The molecule has 0 heterocycles. The molecule has 156 valence electrons. The van der Waals surface area contributed by atoms with Crippen LogP contribution in [0.1, 0.15) is 37.5 Å². The smallest absolute Gasteiger partial charge is 0.133 e. The fraction of sp³-hybridized carbons (Fsp3) is 0.192. The van der Waals surface area contributed by atoms with Crippen molar-refractivity contribution >= 4 is 29.0 Å². The van der Waals surface area contributed by atoms with Crippen molar-refractivity contribution < 1.29 is 0 Å². The van der Waals surface area contributed by atoms with Gasteiger partial charge in [0.1, 0.15) is 5.54 Å². The molecule has 3 aromatic carbocycles. The van der Waals surface area contributed by atoms with Gasteiger partial charge in [-0.2, -0.15) is 0 Å². The standard InChI is InChI=1S/C18H20N2.C8H8Cl2/c1-14(2)18(20-15(3)19,16-10-6-4-7-11-16)17-12-8-5-9-13-17;1-2-6-7(9)4-3-5-8(6)10/h4-13H,1H2,2-3H3,(H2,19,20);3-5H,2H2,1H3. The zero-order valence-corrected chi connectivity index (χ0v) is 19.2. The highest BCUT2D eigenvalue weighted by atomic mass is 35.5. The number of rotatable bonds is 5. The van der Waals surface area contributed by atoms with Crippen LogP contribution in [0.3, 0.4) is 0 Å². The first-order valence-electron chi connectivity index (χ1n) is 9.84. The zero-order chi connectivity index (χ0) is 22.1. The number of hydrogen-bond acceptors (Lipinski definition) is 1. The summed E-state index contributed by atoms with van der Waals surface area (Å²) in [7, 11) is 0. The molecule has 0 bridgehead atoms. The molecule has 0 fully saturated rings. The van der Waals surface area contributed by atoms with Crippen LogP contribution in [0.25, 0.3) is 0 Å². The summed E-state index contributed by atoms with van der Waals surface area (Å²) in [5.41, 5.74) is 9.40. The molecule has 3 rings (SSSR count). The van der Waals surface area contributed by atoms with E-state index >= 15 is 0 Å². The second kappa shape index (κ2) is 11.0. The van der Waals surface area contributed by atoms with E-state index in [9.17, 15) is 0 Å². The third kappa shape index (κ3) is 5.53. The van der Waals surface area contributed by atoms with Crippen LogP contribution in [0.5, 0.6) is 0 Å². The molecular formula is C26H28Cl2N2. The molecule has 30 heavy (non-hydrogen) atoms. The van der Waals surface area contributed by atoms with E-state index in [4.69, 9.17) is 33.9 Å². The molecule has 0 aliphatic rings. The van der Waals surface area contributed by atoms with Crippen LogP contribution in [-0.4, -0.2) is 5.84 Å². The lowest BCUT2D eigenvalue weighted by molar-refractivity contribution is 0.640. The number of amidine groups is 1. The van der Waals surface area contributed by atoms with Gasteiger partial charge in [-0.1, -0.05) is 103 Å². The molecule has 0 atom stereocenters. The van der Waals surface area contributed by atoms with Crippen molar-refractivity contribution in [2.75, 3.05) is 0 Å². The Morgan fingerprint density at radius 2 is 1.27 bits per heavy atom. The zero-order valence-electron chi connectivity index (χ0n) is 17.7. The van der Waals surface area contributed by atoms with E-state index in [2.05, 4.69) is 30.8 Å². The van der Waals surface area contributed by atoms with Crippen LogP contribution < -0.4 is 5.73 Å². The molecule has 0 unspecified atom stereocenters. The highest BCUT2D eigenvalue weighted by molar-refractivity contribution is 6.35. The Morgan fingerprint density at radius 3 is 1.57 bits per heavy atom. The summed E-state index contributed by atoms with van der Waals surface area (Å²) in [5.74, 6) is 0.542. The molecule has 0 aliphatic heterocycles. The van der Waals surface area contributed by atoms with Crippen molar-refractivity contribution in [3.8, 4) is 0 Å². The first-order valence-corrected chi connectivity index (χ1v) is 10.6. The Kier molecular flexibility index (Phi) is 8.71. The van der Waals surface area contributed by atoms with Crippen LogP contribution in [0, 0.1) is 0 Å².